The Hall–Kier alpha value is -1.99. The van der Waals surface area contributed by atoms with E-state index in [1.165, 1.54) is 29.5 Å². The van der Waals surface area contributed by atoms with Crippen LogP contribution < -0.4 is 5.32 Å². The Kier molecular flexibility index (Phi) is 6.11. The van der Waals surface area contributed by atoms with Crippen LogP contribution in [0.3, 0.4) is 0 Å². The summed E-state index contributed by atoms with van der Waals surface area (Å²) in [7, 11) is 4.06. The summed E-state index contributed by atoms with van der Waals surface area (Å²) in [5.74, 6) is 7.29. The van der Waals surface area contributed by atoms with Gasteiger partial charge in [0.15, 0.2) is 0 Å². The summed E-state index contributed by atoms with van der Waals surface area (Å²) in [4.78, 5) is 16.9. The first kappa shape index (κ1) is 19.8. The Balaban J connectivity index is 1.64. The van der Waals surface area contributed by atoms with E-state index in [1.54, 1.807) is 0 Å². The van der Waals surface area contributed by atoms with E-state index in [0.29, 0.717) is 12.0 Å². The molecular weight excluding hydrogens is 334 g/mol. The molecule has 1 unspecified atom stereocenters. The van der Waals surface area contributed by atoms with Gasteiger partial charge >= 0.3 is 6.03 Å². The van der Waals surface area contributed by atoms with E-state index in [9.17, 15) is 4.79 Å². The Morgan fingerprint density at radius 2 is 1.85 bits per heavy atom. The van der Waals surface area contributed by atoms with Crippen LogP contribution >= 0.6 is 0 Å². The van der Waals surface area contributed by atoms with Crippen molar-refractivity contribution in [3.8, 4) is 11.8 Å². The van der Waals surface area contributed by atoms with Crippen molar-refractivity contribution >= 4 is 6.03 Å². The molecule has 3 rings (SSSR count). The average Bonchev–Trinajstić information content (AvgIpc) is 3.47. The topological polar surface area (TPSA) is 35.6 Å². The lowest BCUT2D eigenvalue weighted by Crippen LogP contribution is -2.48. The van der Waals surface area contributed by atoms with Gasteiger partial charge in [0.1, 0.15) is 0 Å². The number of piperidine rings is 1. The molecule has 0 spiro atoms. The van der Waals surface area contributed by atoms with Crippen LogP contribution in [0.2, 0.25) is 0 Å². The molecule has 1 heterocycles. The smallest absolute Gasteiger partial charge is 0.317 e. The molecule has 1 aromatic rings. The summed E-state index contributed by atoms with van der Waals surface area (Å²) in [5, 5.41) is 3.19. The first-order valence-corrected chi connectivity index (χ1v) is 10.2. The van der Waals surface area contributed by atoms with Crippen LogP contribution in [0.4, 0.5) is 4.79 Å². The molecule has 4 nitrogen and oxygen atoms in total. The van der Waals surface area contributed by atoms with Gasteiger partial charge in [-0.15, -0.1) is 0 Å². The zero-order chi connectivity index (χ0) is 19.6. The predicted octanol–water partition coefficient (Wildman–Crippen LogP) is 3.86. The van der Waals surface area contributed by atoms with E-state index in [2.05, 4.69) is 62.0 Å². The third kappa shape index (κ3) is 4.84. The number of urea groups is 1. The Morgan fingerprint density at radius 1 is 1.19 bits per heavy atom. The van der Waals surface area contributed by atoms with Crippen LogP contribution in [-0.2, 0) is 0 Å². The molecule has 2 aliphatic rings. The minimum Gasteiger partial charge on any atom is -0.331 e. The second-order valence-corrected chi connectivity index (χ2v) is 8.31. The molecule has 1 aliphatic heterocycles. The fourth-order valence-electron chi connectivity index (χ4n) is 3.77. The molecule has 2 fully saturated rings. The molecule has 0 aromatic heterocycles. The van der Waals surface area contributed by atoms with Crippen molar-refractivity contribution in [3.05, 3.63) is 34.4 Å². The Bertz CT molecular complexity index is 749. The van der Waals surface area contributed by atoms with Gasteiger partial charge in [-0.25, -0.2) is 4.79 Å². The van der Waals surface area contributed by atoms with E-state index in [1.807, 2.05) is 11.9 Å². The quantitative estimate of drug-likeness (QED) is 0.824. The highest BCUT2D eigenvalue weighted by Gasteiger charge is 2.25. The average molecular weight is 368 g/mol. The number of amides is 2. The highest BCUT2D eigenvalue weighted by molar-refractivity contribution is 5.75. The normalized spacial score (nSPS) is 19.1. The second kappa shape index (κ2) is 8.35. The number of benzene rings is 1. The lowest BCUT2D eigenvalue weighted by molar-refractivity contribution is 0.146. The van der Waals surface area contributed by atoms with Gasteiger partial charge in [0.2, 0.25) is 0 Å². The second-order valence-electron chi connectivity index (χ2n) is 8.31. The number of rotatable bonds is 3. The summed E-state index contributed by atoms with van der Waals surface area (Å²) in [6.45, 7) is 8.45. The van der Waals surface area contributed by atoms with E-state index in [-0.39, 0.29) is 12.1 Å². The maximum Gasteiger partial charge on any atom is 0.317 e. The summed E-state index contributed by atoms with van der Waals surface area (Å²) >= 11 is 0. The molecule has 146 valence electrons. The number of nitrogens with zero attached hydrogens (tertiary/aromatic N) is 2. The van der Waals surface area contributed by atoms with Crippen molar-refractivity contribution in [3.63, 3.8) is 0 Å². The van der Waals surface area contributed by atoms with Gasteiger partial charge in [0, 0.05) is 24.6 Å². The maximum absolute atomic E-state index is 12.7. The van der Waals surface area contributed by atoms with Crippen LogP contribution in [0.5, 0.6) is 0 Å². The van der Waals surface area contributed by atoms with Gasteiger partial charge < -0.3 is 15.1 Å². The molecule has 1 aromatic carbocycles. The van der Waals surface area contributed by atoms with Crippen LogP contribution in [0.1, 0.15) is 60.9 Å². The highest BCUT2D eigenvalue weighted by atomic mass is 16.2. The number of hydrogen-bond acceptors (Lipinski definition) is 2. The van der Waals surface area contributed by atoms with Gasteiger partial charge in [-0.05, 0) is 89.3 Å². The monoisotopic (exact) mass is 367 g/mol. The first-order valence-electron chi connectivity index (χ1n) is 10.2. The standard InChI is InChI=1S/C23H33N3O/c1-16-17(2)22(11-10-20(16)9-8-19-6-7-19)18(3)24-23(27)26(5)21-12-14-25(4)15-13-21/h10-11,18-19,21H,6-7,12-15H2,1-5H3,(H,24,27). The van der Waals surface area contributed by atoms with Gasteiger partial charge in [0.05, 0.1) is 6.04 Å². The third-order valence-corrected chi connectivity index (χ3v) is 6.18. The summed E-state index contributed by atoms with van der Waals surface area (Å²) in [6.07, 6.45) is 4.58. The number of hydrogen-bond donors (Lipinski definition) is 1. The molecule has 27 heavy (non-hydrogen) atoms. The minimum atomic E-state index is -0.0182. The van der Waals surface area contributed by atoms with E-state index >= 15 is 0 Å². The molecule has 4 heteroatoms. The number of carbonyl (C=O) groups excluding carboxylic acids is 1. The van der Waals surface area contributed by atoms with E-state index in [0.717, 1.165) is 31.5 Å². The van der Waals surface area contributed by atoms with Gasteiger partial charge in [-0.1, -0.05) is 17.9 Å². The van der Waals surface area contributed by atoms with Gasteiger partial charge in [-0.3, -0.25) is 0 Å². The van der Waals surface area contributed by atoms with E-state index < -0.39 is 0 Å². The molecular formula is C23H33N3O. The first-order chi connectivity index (χ1) is 12.9. The lowest BCUT2D eigenvalue weighted by Gasteiger charge is -2.35. The highest BCUT2D eigenvalue weighted by Crippen LogP contribution is 2.28. The van der Waals surface area contributed by atoms with Crippen molar-refractivity contribution in [1.29, 1.82) is 0 Å². The van der Waals surface area contributed by atoms with Crippen molar-refractivity contribution in [1.82, 2.24) is 15.1 Å². The third-order valence-electron chi connectivity index (χ3n) is 6.18. The fraction of sp³-hybridized carbons (Fsp3) is 0.609. The number of likely N-dealkylation sites (tertiary alicyclic amines) is 1. The zero-order valence-electron chi connectivity index (χ0n) is 17.4. The molecule has 1 atom stereocenters. The van der Waals surface area contributed by atoms with Crippen molar-refractivity contribution in [2.45, 2.75) is 58.5 Å². The van der Waals surface area contributed by atoms with Gasteiger partial charge in [-0.2, -0.15) is 0 Å². The summed E-state index contributed by atoms with van der Waals surface area (Å²) in [6, 6.07) is 4.56. The number of nitrogens with one attached hydrogen (secondary N) is 1. The van der Waals surface area contributed by atoms with Crippen LogP contribution in [0.15, 0.2) is 12.1 Å². The van der Waals surface area contributed by atoms with Crippen molar-refractivity contribution in [2.24, 2.45) is 5.92 Å². The van der Waals surface area contributed by atoms with Crippen molar-refractivity contribution < 1.29 is 4.79 Å². The lowest BCUT2D eigenvalue weighted by atomic mass is 9.94. The SMILES string of the molecule is Cc1c(C#CC2CC2)ccc(C(C)NC(=O)N(C)C2CCN(C)CC2)c1C. The molecule has 0 radical (unpaired) electrons. The maximum atomic E-state index is 12.7. The van der Waals surface area contributed by atoms with Crippen LogP contribution in [0, 0.1) is 31.6 Å². The molecule has 1 saturated heterocycles. The number of carbonyl (C=O) groups is 1. The fourth-order valence-corrected chi connectivity index (χ4v) is 3.77. The Morgan fingerprint density at radius 3 is 2.48 bits per heavy atom. The van der Waals surface area contributed by atoms with Crippen LogP contribution in [-0.4, -0.2) is 49.1 Å². The largest absolute Gasteiger partial charge is 0.331 e. The summed E-state index contributed by atoms with van der Waals surface area (Å²) < 4.78 is 0. The van der Waals surface area contributed by atoms with E-state index in [4.69, 9.17) is 0 Å². The van der Waals surface area contributed by atoms with Crippen LogP contribution in [0.25, 0.3) is 0 Å². The molecule has 1 aliphatic carbocycles. The molecule has 1 saturated carbocycles. The summed E-state index contributed by atoms with van der Waals surface area (Å²) in [5.41, 5.74) is 4.75. The minimum absolute atomic E-state index is 0.0182. The molecule has 2 amide bonds. The molecule has 1 N–H and O–H groups in total. The van der Waals surface area contributed by atoms with Crippen molar-refractivity contribution in [2.75, 3.05) is 27.2 Å². The van der Waals surface area contributed by atoms with Gasteiger partial charge in [0.25, 0.3) is 0 Å². The molecule has 0 bridgehead atoms. The predicted molar refractivity (Wildman–Crippen MR) is 111 cm³/mol. The zero-order valence-corrected chi connectivity index (χ0v) is 17.4. The Labute approximate surface area is 164 Å².